The van der Waals surface area contributed by atoms with Crippen molar-refractivity contribution in [3.8, 4) is 5.75 Å². The van der Waals surface area contributed by atoms with E-state index in [2.05, 4.69) is 10.1 Å². The summed E-state index contributed by atoms with van der Waals surface area (Å²) in [5.74, 6) is 0.123. The number of carboxylic acid groups (broad SMARTS) is 1. The number of nitrogens with zero attached hydrogens (tertiary/aromatic N) is 2. The van der Waals surface area contributed by atoms with Crippen LogP contribution < -0.4 is 4.74 Å². The van der Waals surface area contributed by atoms with E-state index in [9.17, 15) is 4.79 Å². The molecule has 0 radical (unpaired) electrons. The molecule has 6 nitrogen and oxygen atoms in total. The van der Waals surface area contributed by atoms with Crippen molar-refractivity contribution in [1.82, 2.24) is 10.1 Å². The van der Waals surface area contributed by atoms with Crippen molar-refractivity contribution < 1.29 is 19.2 Å². The Labute approximate surface area is 139 Å². The number of ether oxygens (including phenoxy) is 1. The van der Waals surface area contributed by atoms with Crippen molar-refractivity contribution >= 4 is 17.6 Å². The Kier molecular flexibility index (Phi) is 5.63. The van der Waals surface area contributed by atoms with Crippen molar-refractivity contribution in [2.24, 2.45) is 0 Å². The zero-order chi connectivity index (χ0) is 17.0. The van der Waals surface area contributed by atoms with Gasteiger partial charge >= 0.3 is 5.97 Å². The number of carbonyl (C=O) groups is 1. The van der Waals surface area contributed by atoms with E-state index in [1.165, 1.54) is 6.92 Å². The molecule has 1 atom stereocenters. The standard InChI is InChI=1S/C16H19ClN2O4/c1-10-6-13(23-18-10)9-19(3)8-12-4-5-15(14(17)7-12)22-11(2)16(20)21/h4-7,11H,8-9H2,1-3H3,(H,20,21)/t11-/m0/s1. The van der Waals surface area contributed by atoms with Gasteiger partial charge in [-0.3, -0.25) is 4.90 Å². The Hall–Kier alpha value is -2.05. The first-order valence-corrected chi connectivity index (χ1v) is 7.51. The van der Waals surface area contributed by atoms with Crippen LogP contribution in [0.4, 0.5) is 0 Å². The number of rotatable bonds is 7. The molecular weight excluding hydrogens is 320 g/mol. The summed E-state index contributed by atoms with van der Waals surface area (Å²) in [6, 6.07) is 7.21. The van der Waals surface area contributed by atoms with Crippen LogP contribution in [-0.4, -0.2) is 34.3 Å². The summed E-state index contributed by atoms with van der Waals surface area (Å²) >= 11 is 6.16. The maximum Gasteiger partial charge on any atom is 0.344 e. The number of hydrogen-bond acceptors (Lipinski definition) is 5. The van der Waals surface area contributed by atoms with Crippen molar-refractivity contribution in [3.63, 3.8) is 0 Å². The van der Waals surface area contributed by atoms with Crippen LogP contribution in [0.1, 0.15) is 23.9 Å². The number of carboxylic acids is 1. The van der Waals surface area contributed by atoms with Gasteiger partial charge in [-0.2, -0.15) is 0 Å². The second-order valence-corrected chi connectivity index (χ2v) is 5.88. The monoisotopic (exact) mass is 338 g/mol. The van der Waals surface area contributed by atoms with Crippen LogP contribution in [0.15, 0.2) is 28.8 Å². The minimum Gasteiger partial charge on any atom is -0.479 e. The summed E-state index contributed by atoms with van der Waals surface area (Å²) in [5.41, 5.74) is 1.84. The highest BCUT2D eigenvalue weighted by Gasteiger charge is 2.15. The van der Waals surface area contributed by atoms with Gasteiger partial charge in [0.05, 0.1) is 17.3 Å². The van der Waals surface area contributed by atoms with Gasteiger partial charge < -0.3 is 14.4 Å². The Balaban J connectivity index is 1.98. The Morgan fingerprint density at radius 3 is 2.74 bits per heavy atom. The molecule has 0 saturated carbocycles. The van der Waals surface area contributed by atoms with Gasteiger partial charge in [0, 0.05) is 12.6 Å². The van der Waals surface area contributed by atoms with E-state index >= 15 is 0 Å². The molecule has 0 aliphatic rings. The van der Waals surface area contributed by atoms with E-state index in [0.29, 0.717) is 23.9 Å². The van der Waals surface area contributed by atoms with E-state index < -0.39 is 12.1 Å². The lowest BCUT2D eigenvalue weighted by molar-refractivity contribution is -0.144. The van der Waals surface area contributed by atoms with Gasteiger partial charge in [-0.1, -0.05) is 22.8 Å². The van der Waals surface area contributed by atoms with Crippen LogP contribution in [0, 0.1) is 6.92 Å². The highest BCUT2D eigenvalue weighted by Crippen LogP contribution is 2.27. The third-order valence-corrected chi connectivity index (χ3v) is 3.50. The zero-order valence-electron chi connectivity index (χ0n) is 13.2. The van der Waals surface area contributed by atoms with Gasteiger partial charge in [0.2, 0.25) is 0 Å². The van der Waals surface area contributed by atoms with E-state index in [0.717, 1.165) is 17.0 Å². The summed E-state index contributed by atoms with van der Waals surface area (Å²) in [4.78, 5) is 12.9. The van der Waals surface area contributed by atoms with Crippen molar-refractivity contribution in [2.45, 2.75) is 33.0 Å². The average Bonchev–Trinajstić information content (AvgIpc) is 2.86. The van der Waals surface area contributed by atoms with Gasteiger partial charge in [0.25, 0.3) is 0 Å². The SMILES string of the molecule is Cc1cc(CN(C)Cc2ccc(O[C@@H](C)C(=O)O)c(Cl)c2)on1. The van der Waals surface area contributed by atoms with Gasteiger partial charge in [-0.05, 0) is 38.6 Å². The lowest BCUT2D eigenvalue weighted by Gasteiger charge is -2.16. The van der Waals surface area contributed by atoms with Crippen LogP contribution in [-0.2, 0) is 17.9 Å². The fourth-order valence-corrected chi connectivity index (χ4v) is 2.35. The van der Waals surface area contributed by atoms with Crippen LogP contribution in [0.2, 0.25) is 5.02 Å². The highest BCUT2D eigenvalue weighted by atomic mass is 35.5. The summed E-state index contributed by atoms with van der Waals surface area (Å²) in [6.07, 6.45) is -0.948. The fourth-order valence-electron chi connectivity index (χ4n) is 2.10. The van der Waals surface area contributed by atoms with E-state index in [1.54, 1.807) is 12.1 Å². The number of halogens is 1. The molecule has 1 aromatic carbocycles. The van der Waals surface area contributed by atoms with Crippen molar-refractivity contribution in [1.29, 1.82) is 0 Å². The molecule has 0 aliphatic carbocycles. The molecule has 0 amide bonds. The Morgan fingerprint density at radius 1 is 1.43 bits per heavy atom. The van der Waals surface area contributed by atoms with Gasteiger partial charge in [0.1, 0.15) is 5.75 Å². The van der Waals surface area contributed by atoms with Crippen LogP contribution in [0.25, 0.3) is 0 Å². The lowest BCUT2D eigenvalue weighted by atomic mass is 10.2. The molecule has 0 bridgehead atoms. The first kappa shape index (κ1) is 17.3. The average molecular weight is 339 g/mol. The predicted octanol–water partition coefficient (Wildman–Crippen LogP) is 3.12. The maximum atomic E-state index is 10.8. The fraction of sp³-hybridized carbons (Fsp3) is 0.375. The second kappa shape index (κ2) is 7.48. The molecule has 124 valence electrons. The topological polar surface area (TPSA) is 75.8 Å². The summed E-state index contributed by atoms with van der Waals surface area (Å²) in [6.45, 7) is 4.63. The summed E-state index contributed by atoms with van der Waals surface area (Å²) in [7, 11) is 1.96. The summed E-state index contributed by atoms with van der Waals surface area (Å²) < 4.78 is 10.5. The van der Waals surface area contributed by atoms with Crippen LogP contribution in [0.3, 0.4) is 0 Å². The number of hydrogen-bond donors (Lipinski definition) is 1. The lowest BCUT2D eigenvalue weighted by Crippen LogP contribution is -2.23. The maximum absolute atomic E-state index is 10.8. The van der Waals surface area contributed by atoms with Gasteiger partial charge in [-0.25, -0.2) is 4.79 Å². The highest BCUT2D eigenvalue weighted by molar-refractivity contribution is 6.32. The largest absolute Gasteiger partial charge is 0.479 e. The third kappa shape index (κ3) is 4.97. The molecule has 2 aromatic rings. The van der Waals surface area contributed by atoms with Crippen molar-refractivity contribution in [3.05, 3.63) is 46.3 Å². The Morgan fingerprint density at radius 2 is 2.17 bits per heavy atom. The first-order chi connectivity index (χ1) is 10.8. The van der Waals surface area contributed by atoms with Gasteiger partial charge in [-0.15, -0.1) is 0 Å². The van der Waals surface area contributed by atoms with E-state index in [-0.39, 0.29) is 0 Å². The number of aliphatic carboxylic acids is 1. The predicted molar refractivity (Wildman–Crippen MR) is 85.6 cm³/mol. The third-order valence-electron chi connectivity index (χ3n) is 3.20. The molecule has 1 heterocycles. The van der Waals surface area contributed by atoms with Crippen LogP contribution >= 0.6 is 11.6 Å². The van der Waals surface area contributed by atoms with E-state index in [1.807, 2.05) is 26.1 Å². The number of aryl methyl sites for hydroxylation is 1. The molecule has 1 aromatic heterocycles. The molecule has 7 heteroatoms. The normalized spacial score (nSPS) is 12.4. The molecule has 23 heavy (non-hydrogen) atoms. The zero-order valence-corrected chi connectivity index (χ0v) is 14.0. The Bertz CT molecular complexity index is 686. The number of aromatic nitrogens is 1. The molecule has 0 unspecified atom stereocenters. The molecular formula is C16H19ClN2O4. The molecule has 0 spiro atoms. The first-order valence-electron chi connectivity index (χ1n) is 7.14. The molecule has 0 aliphatic heterocycles. The molecule has 0 fully saturated rings. The van der Waals surface area contributed by atoms with E-state index in [4.69, 9.17) is 26.0 Å². The minimum atomic E-state index is -1.03. The van der Waals surface area contributed by atoms with Gasteiger partial charge in [0.15, 0.2) is 11.9 Å². The van der Waals surface area contributed by atoms with Crippen molar-refractivity contribution in [2.75, 3.05) is 7.05 Å². The molecule has 2 rings (SSSR count). The summed E-state index contributed by atoms with van der Waals surface area (Å²) in [5, 5.41) is 13.1. The second-order valence-electron chi connectivity index (χ2n) is 5.47. The smallest absolute Gasteiger partial charge is 0.344 e. The minimum absolute atomic E-state index is 0.360. The van der Waals surface area contributed by atoms with Crippen LogP contribution in [0.5, 0.6) is 5.75 Å². The number of benzene rings is 1. The molecule has 1 N–H and O–H groups in total. The quantitative estimate of drug-likeness (QED) is 0.836. The molecule has 0 saturated heterocycles.